The Morgan fingerprint density at radius 2 is 1.75 bits per heavy atom. The normalized spacial score (nSPS) is 15.1. The van der Waals surface area contributed by atoms with Crippen molar-refractivity contribution >= 4 is 20.9 Å². The second-order valence-electron chi connectivity index (χ2n) is 4.17. The average molecular weight is 259 g/mol. The fourth-order valence-electron chi connectivity index (χ4n) is 1.72. The molecule has 1 rings (SSSR count). The van der Waals surface area contributed by atoms with E-state index in [1.807, 2.05) is 18.2 Å². The van der Waals surface area contributed by atoms with Crippen LogP contribution in [-0.2, 0) is 14.3 Å². The third-order valence-electron chi connectivity index (χ3n) is 2.91. The molecule has 1 aromatic carbocycles. The van der Waals surface area contributed by atoms with Gasteiger partial charge < -0.3 is 8.85 Å². The minimum Gasteiger partial charge on any atom is -0.400 e. The fourth-order valence-corrected chi connectivity index (χ4v) is 3.81. The van der Waals surface area contributed by atoms with Crippen LogP contribution in [0.3, 0.4) is 0 Å². The highest BCUT2D eigenvalue weighted by Gasteiger charge is 2.30. The van der Waals surface area contributed by atoms with Crippen molar-refractivity contribution in [2.45, 2.75) is 18.4 Å². The molecule has 0 aliphatic carbocycles. The van der Waals surface area contributed by atoms with Crippen LogP contribution in [0.4, 0.5) is 0 Å². The van der Waals surface area contributed by atoms with Gasteiger partial charge in [0, 0.05) is 25.5 Å². The molecule has 0 amide bonds. The number of hydrogen-bond donors (Lipinski definition) is 0. The number of halogens is 1. The number of rotatable bonds is 6. The van der Waals surface area contributed by atoms with Crippen LogP contribution < -0.4 is 0 Å². The Kier molecular flexibility index (Phi) is 5.48. The van der Waals surface area contributed by atoms with E-state index >= 15 is 0 Å². The summed E-state index contributed by atoms with van der Waals surface area (Å²) in [6.45, 7) is 2.16. The maximum absolute atomic E-state index is 6.11. The molecule has 0 radical (unpaired) electrons. The third-order valence-corrected chi connectivity index (χ3v) is 5.78. The summed E-state index contributed by atoms with van der Waals surface area (Å²) in [6, 6.07) is 11.2. The second kappa shape index (κ2) is 6.40. The fraction of sp³-hybridized carbons (Fsp3) is 0.500. The molecule has 0 aromatic heterocycles. The summed E-state index contributed by atoms with van der Waals surface area (Å²) in [6.07, 6.45) is 0. The molecular formula is C12H19ClO2Si. The molecule has 0 fully saturated rings. The minimum atomic E-state index is -1.59. The maximum Gasteiger partial charge on any atom is 0.321 e. The summed E-state index contributed by atoms with van der Waals surface area (Å²) < 4.78 is 10.8. The van der Waals surface area contributed by atoms with E-state index in [0.717, 1.165) is 6.04 Å². The second-order valence-corrected chi connectivity index (χ2v) is 6.64. The molecule has 1 unspecified atom stereocenters. The van der Waals surface area contributed by atoms with Crippen LogP contribution in [0.15, 0.2) is 30.3 Å². The van der Waals surface area contributed by atoms with E-state index in [4.69, 9.17) is 20.5 Å². The van der Waals surface area contributed by atoms with Crippen molar-refractivity contribution in [2.24, 2.45) is 0 Å². The Morgan fingerprint density at radius 1 is 1.19 bits per heavy atom. The number of alkyl halides is 1. The summed E-state index contributed by atoms with van der Waals surface area (Å²) in [5.74, 6) is 0.577. The molecule has 4 heteroatoms. The molecule has 0 bridgehead atoms. The van der Waals surface area contributed by atoms with Crippen LogP contribution in [0, 0.1) is 0 Å². The van der Waals surface area contributed by atoms with E-state index in [2.05, 4.69) is 19.1 Å². The Morgan fingerprint density at radius 3 is 2.19 bits per heavy atom. The van der Waals surface area contributed by atoms with Crippen LogP contribution in [0.5, 0.6) is 0 Å². The molecule has 0 saturated carbocycles. The van der Waals surface area contributed by atoms with Gasteiger partial charge in [-0.25, -0.2) is 0 Å². The summed E-state index contributed by atoms with van der Waals surface area (Å²) >= 11 is 6.11. The van der Waals surface area contributed by atoms with E-state index in [-0.39, 0.29) is 5.41 Å². The highest BCUT2D eigenvalue weighted by Crippen LogP contribution is 2.31. The molecular weight excluding hydrogens is 240 g/mol. The minimum absolute atomic E-state index is 0.0638. The van der Waals surface area contributed by atoms with Crippen LogP contribution in [0.25, 0.3) is 0 Å². The van der Waals surface area contributed by atoms with Gasteiger partial charge in [-0.15, -0.1) is 11.6 Å². The largest absolute Gasteiger partial charge is 0.400 e. The monoisotopic (exact) mass is 258 g/mol. The molecule has 2 nitrogen and oxygen atoms in total. The first kappa shape index (κ1) is 13.7. The summed E-state index contributed by atoms with van der Waals surface area (Å²) in [4.78, 5) is 0. The van der Waals surface area contributed by atoms with Crippen molar-refractivity contribution in [1.29, 1.82) is 0 Å². The Bertz CT molecular complexity index is 303. The zero-order valence-corrected chi connectivity index (χ0v) is 12.0. The van der Waals surface area contributed by atoms with Gasteiger partial charge in [-0.1, -0.05) is 37.3 Å². The Labute approximate surface area is 104 Å². The Balaban J connectivity index is 2.85. The van der Waals surface area contributed by atoms with Gasteiger partial charge in [0.15, 0.2) is 0 Å². The van der Waals surface area contributed by atoms with Gasteiger partial charge in [-0.2, -0.15) is 0 Å². The smallest absolute Gasteiger partial charge is 0.321 e. The molecule has 90 valence electrons. The first-order chi connectivity index (χ1) is 7.66. The van der Waals surface area contributed by atoms with Crippen molar-refractivity contribution in [2.75, 3.05) is 20.1 Å². The van der Waals surface area contributed by atoms with Gasteiger partial charge >= 0.3 is 9.28 Å². The van der Waals surface area contributed by atoms with Crippen molar-refractivity contribution in [3.05, 3.63) is 35.9 Å². The van der Waals surface area contributed by atoms with E-state index in [0.29, 0.717) is 5.88 Å². The highest BCUT2D eigenvalue weighted by atomic mass is 35.5. The SMILES string of the molecule is CO[SiH](CC(C)(CCl)c1ccccc1)OC. The highest BCUT2D eigenvalue weighted by molar-refractivity contribution is 6.44. The van der Waals surface area contributed by atoms with Gasteiger partial charge in [0.2, 0.25) is 0 Å². The van der Waals surface area contributed by atoms with Gasteiger partial charge in [0.25, 0.3) is 0 Å². The van der Waals surface area contributed by atoms with E-state index in [1.165, 1.54) is 5.56 Å². The zero-order chi connectivity index (χ0) is 12.0. The first-order valence-electron chi connectivity index (χ1n) is 5.33. The van der Waals surface area contributed by atoms with Crippen LogP contribution in [-0.4, -0.2) is 29.4 Å². The number of benzene rings is 1. The van der Waals surface area contributed by atoms with Gasteiger partial charge in [-0.05, 0) is 11.6 Å². The lowest BCUT2D eigenvalue weighted by Crippen LogP contribution is -2.33. The predicted octanol–water partition coefficient (Wildman–Crippen LogP) is 2.70. The van der Waals surface area contributed by atoms with Gasteiger partial charge in [0.05, 0.1) is 0 Å². The molecule has 0 aliphatic heterocycles. The topological polar surface area (TPSA) is 18.5 Å². The molecule has 16 heavy (non-hydrogen) atoms. The van der Waals surface area contributed by atoms with Crippen molar-refractivity contribution < 1.29 is 8.85 Å². The van der Waals surface area contributed by atoms with Crippen LogP contribution in [0.2, 0.25) is 6.04 Å². The predicted molar refractivity (Wildman–Crippen MR) is 70.5 cm³/mol. The van der Waals surface area contributed by atoms with Crippen molar-refractivity contribution in [3.63, 3.8) is 0 Å². The third kappa shape index (κ3) is 3.32. The molecule has 1 atom stereocenters. The molecule has 0 spiro atoms. The summed E-state index contributed by atoms with van der Waals surface area (Å²) in [7, 11) is 1.83. The first-order valence-corrected chi connectivity index (χ1v) is 7.63. The lowest BCUT2D eigenvalue weighted by Gasteiger charge is -2.30. The quantitative estimate of drug-likeness (QED) is 0.577. The van der Waals surface area contributed by atoms with Crippen molar-refractivity contribution in [3.8, 4) is 0 Å². The molecule has 0 saturated heterocycles. The van der Waals surface area contributed by atoms with Crippen LogP contribution >= 0.6 is 11.6 Å². The average Bonchev–Trinajstić information content (AvgIpc) is 2.36. The van der Waals surface area contributed by atoms with Gasteiger partial charge in [-0.3, -0.25) is 0 Å². The van der Waals surface area contributed by atoms with E-state index < -0.39 is 9.28 Å². The maximum atomic E-state index is 6.11. The lowest BCUT2D eigenvalue weighted by atomic mass is 9.86. The standard InChI is InChI=1S/C12H19ClO2Si/c1-12(9-13,10-16(14-2)15-3)11-7-5-4-6-8-11/h4-8,16H,9-10H2,1-3H3. The Hall–Kier alpha value is -0.353. The van der Waals surface area contributed by atoms with Crippen molar-refractivity contribution in [1.82, 2.24) is 0 Å². The molecule has 0 N–H and O–H groups in total. The zero-order valence-electron chi connectivity index (χ0n) is 10.1. The van der Waals surface area contributed by atoms with Gasteiger partial charge in [0.1, 0.15) is 0 Å². The molecule has 1 aromatic rings. The summed E-state index contributed by atoms with van der Waals surface area (Å²) in [5, 5.41) is 0. The van der Waals surface area contributed by atoms with E-state index in [1.54, 1.807) is 14.2 Å². The van der Waals surface area contributed by atoms with Crippen LogP contribution in [0.1, 0.15) is 12.5 Å². The lowest BCUT2D eigenvalue weighted by molar-refractivity contribution is 0.268. The molecule has 0 aliphatic rings. The summed E-state index contributed by atoms with van der Waals surface area (Å²) in [5.41, 5.74) is 1.18. The molecule has 0 heterocycles. The van der Waals surface area contributed by atoms with E-state index in [9.17, 15) is 0 Å². The number of hydrogen-bond acceptors (Lipinski definition) is 2.